The first-order chi connectivity index (χ1) is 6.37. The minimum atomic E-state index is -3.97. The summed E-state index contributed by atoms with van der Waals surface area (Å²) < 4.78 is 25.2. The maximum atomic E-state index is 10.4. The largest absolute Gasteiger partial charge is 0.333 e. The number of aromatic nitrogens is 1. The Morgan fingerprint density at radius 1 is 1.43 bits per heavy atom. The third-order valence-corrected chi connectivity index (χ3v) is 2.04. The monoisotopic (exact) mass is 256 g/mol. The minimum absolute atomic E-state index is 0.158. The van der Waals surface area contributed by atoms with Gasteiger partial charge in [0.2, 0.25) is 0 Å². The molecular weight excluding hydrogens is 251 g/mol. The molecule has 0 radical (unpaired) electrons. The van der Waals surface area contributed by atoms with Gasteiger partial charge in [-0.15, -0.1) is 0 Å². The van der Waals surface area contributed by atoms with E-state index in [1.54, 1.807) is 0 Å². The van der Waals surface area contributed by atoms with E-state index >= 15 is 0 Å². The summed E-state index contributed by atoms with van der Waals surface area (Å²) in [5.41, 5.74) is 0.288. The van der Waals surface area contributed by atoms with Gasteiger partial charge in [0.1, 0.15) is 11.8 Å². The van der Waals surface area contributed by atoms with Crippen LogP contribution in [0.25, 0.3) is 0 Å². The van der Waals surface area contributed by atoms with Crippen LogP contribution in [-0.4, -0.2) is 13.4 Å². The van der Waals surface area contributed by atoms with E-state index in [1.807, 2.05) is 0 Å². The molecular formula is C6H6Cl2N2O3S. The number of rotatable bonds is 3. The van der Waals surface area contributed by atoms with E-state index in [-0.39, 0.29) is 17.5 Å². The summed E-state index contributed by atoms with van der Waals surface area (Å²) in [6.07, 6.45) is 0. The van der Waals surface area contributed by atoms with Crippen molar-refractivity contribution >= 4 is 33.5 Å². The second-order valence-corrected chi connectivity index (χ2v) is 4.40. The van der Waals surface area contributed by atoms with Gasteiger partial charge in [-0.2, -0.15) is 8.42 Å². The molecule has 0 unspecified atom stereocenters. The van der Waals surface area contributed by atoms with E-state index in [2.05, 4.69) is 14.3 Å². The van der Waals surface area contributed by atoms with Crippen molar-refractivity contribution in [2.24, 2.45) is 5.14 Å². The third-order valence-electron chi connectivity index (χ3n) is 1.18. The second-order valence-electron chi connectivity index (χ2n) is 2.35. The molecule has 0 spiro atoms. The number of hydrogen-bond donors (Lipinski definition) is 1. The van der Waals surface area contributed by atoms with Crippen molar-refractivity contribution in [3.8, 4) is 0 Å². The number of nitrogens with zero attached hydrogens (tertiary/aromatic N) is 1. The lowest BCUT2D eigenvalue weighted by Crippen LogP contribution is -2.15. The lowest BCUT2D eigenvalue weighted by atomic mass is 10.4. The molecule has 0 aliphatic carbocycles. The summed E-state index contributed by atoms with van der Waals surface area (Å²) in [6, 6.07) is 2.85. The van der Waals surface area contributed by atoms with Crippen molar-refractivity contribution in [3.63, 3.8) is 0 Å². The highest BCUT2D eigenvalue weighted by molar-refractivity contribution is 7.84. The molecule has 14 heavy (non-hydrogen) atoms. The van der Waals surface area contributed by atoms with Gasteiger partial charge in [0.25, 0.3) is 0 Å². The van der Waals surface area contributed by atoms with E-state index < -0.39 is 10.3 Å². The van der Waals surface area contributed by atoms with Crippen molar-refractivity contribution < 1.29 is 12.6 Å². The Balaban J connectivity index is 2.78. The van der Waals surface area contributed by atoms with Crippen LogP contribution >= 0.6 is 23.2 Å². The van der Waals surface area contributed by atoms with Gasteiger partial charge in [0.15, 0.2) is 0 Å². The van der Waals surface area contributed by atoms with Crippen molar-refractivity contribution in [1.29, 1.82) is 0 Å². The Labute approximate surface area is 91.0 Å². The molecule has 1 heterocycles. The third kappa shape index (κ3) is 4.21. The zero-order valence-electron chi connectivity index (χ0n) is 6.78. The molecule has 1 aromatic rings. The molecule has 0 saturated heterocycles. The molecule has 0 aliphatic heterocycles. The molecule has 0 saturated carbocycles. The molecule has 0 atom stereocenters. The van der Waals surface area contributed by atoms with E-state index in [9.17, 15) is 8.42 Å². The second kappa shape index (κ2) is 4.41. The Morgan fingerprint density at radius 3 is 2.57 bits per heavy atom. The summed E-state index contributed by atoms with van der Waals surface area (Å²) in [5, 5.41) is 5.12. The van der Waals surface area contributed by atoms with Gasteiger partial charge in [0, 0.05) is 5.02 Å². The first kappa shape index (κ1) is 11.7. The normalized spacial score (nSPS) is 11.6. The maximum absolute atomic E-state index is 10.4. The average Bonchev–Trinajstić information content (AvgIpc) is 1.97. The zero-order valence-corrected chi connectivity index (χ0v) is 9.10. The molecule has 78 valence electrons. The fraction of sp³-hybridized carbons (Fsp3) is 0.167. The SMILES string of the molecule is NS(=O)(=O)OCc1cc(Cl)cc(Cl)n1. The van der Waals surface area contributed by atoms with Gasteiger partial charge in [-0.05, 0) is 12.1 Å². The Morgan fingerprint density at radius 2 is 2.07 bits per heavy atom. The summed E-state index contributed by atoms with van der Waals surface area (Å²) in [6.45, 7) is -0.293. The predicted molar refractivity (Wildman–Crippen MR) is 52.2 cm³/mol. The van der Waals surface area contributed by atoms with Gasteiger partial charge in [0.05, 0.1) is 5.69 Å². The fourth-order valence-electron chi connectivity index (χ4n) is 0.733. The summed E-state index contributed by atoms with van der Waals surface area (Å²) >= 11 is 11.2. The van der Waals surface area contributed by atoms with Gasteiger partial charge in [-0.3, -0.25) is 4.18 Å². The molecule has 8 heteroatoms. The van der Waals surface area contributed by atoms with Crippen LogP contribution in [0.15, 0.2) is 12.1 Å². The molecule has 1 aromatic heterocycles. The highest BCUT2D eigenvalue weighted by Gasteiger charge is 2.05. The summed E-state index contributed by atoms with van der Waals surface area (Å²) in [5.74, 6) is 0. The Kier molecular flexibility index (Phi) is 3.68. The maximum Gasteiger partial charge on any atom is 0.333 e. The van der Waals surface area contributed by atoms with Crippen LogP contribution < -0.4 is 5.14 Å². The molecule has 0 aromatic carbocycles. The summed E-state index contributed by atoms with van der Waals surface area (Å²) in [4.78, 5) is 3.77. The minimum Gasteiger partial charge on any atom is -0.252 e. The topological polar surface area (TPSA) is 82.3 Å². The van der Waals surface area contributed by atoms with Crippen molar-refractivity contribution in [2.45, 2.75) is 6.61 Å². The zero-order chi connectivity index (χ0) is 10.8. The van der Waals surface area contributed by atoms with Crippen LogP contribution in [0.2, 0.25) is 10.2 Å². The van der Waals surface area contributed by atoms with E-state index in [0.29, 0.717) is 5.02 Å². The van der Waals surface area contributed by atoms with Crippen molar-refractivity contribution in [1.82, 2.24) is 4.98 Å². The van der Waals surface area contributed by atoms with Crippen LogP contribution in [0, 0.1) is 0 Å². The number of hydrogen-bond acceptors (Lipinski definition) is 4. The first-order valence-corrected chi connectivity index (χ1v) is 5.59. The lowest BCUT2D eigenvalue weighted by Gasteiger charge is -2.01. The molecule has 2 N–H and O–H groups in total. The number of pyridine rings is 1. The van der Waals surface area contributed by atoms with E-state index in [4.69, 9.17) is 23.2 Å². The highest BCUT2D eigenvalue weighted by atomic mass is 35.5. The number of halogens is 2. The van der Waals surface area contributed by atoms with E-state index in [0.717, 1.165) is 0 Å². The van der Waals surface area contributed by atoms with Crippen molar-refractivity contribution in [3.05, 3.63) is 28.0 Å². The molecule has 0 amide bonds. The fourth-order valence-corrected chi connectivity index (χ4v) is 1.53. The predicted octanol–water partition coefficient (Wildman–Crippen LogP) is 1.11. The van der Waals surface area contributed by atoms with Crippen LogP contribution in [0.3, 0.4) is 0 Å². The van der Waals surface area contributed by atoms with Gasteiger partial charge in [-0.25, -0.2) is 10.1 Å². The van der Waals surface area contributed by atoms with Gasteiger partial charge >= 0.3 is 10.3 Å². The molecule has 0 aliphatic rings. The van der Waals surface area contributed by atoms with Gasteiger partial charge in [-0.1, -0.05) is 23.2 Å². The molecule has 0 bridgehead atoms. The average molecular weight is 257 g/mol. The quantitative estimate of drug-likeness (QED) is 0.822. The highest BCUT2D eigenvalue weighted by Crippen LogP contribution is 2.16. The smallest absolute Gasteiger partial charge is 0.252 e. The van der Waals surface area contributed by atoms with E-state index in [1.165, 1.54) is 12.1 Å². The Hall–Kier alpha value is -0.400. The Bertz CT molecular complexity index is 414. The number of nitrogens with two attached hydrogens (primary N) is 1. The van der Waals surface area contributed by atoms with Crippen molar-refractivity contribution in [2.75, 3.05) is 0 Å². The van der Waals surface area contributed by atoms with Crippen LogP contribution in [-0.2, 0) is 21.1 Å². The van der Waals surface area contributed by atoms with Crippen LogP contribution in [0.5, 0.6) is 0 Å². The molecule has 0 fully saturated rings. The first-order valence-electron chi connectivity index (χ1n) is 3.36. The standard InChI is InChI=1S/C6H6Cl2N2O3S/c7-4-1-5(10-6(8)2-4)3-13-14(9,11)12/h1-2H,3H2,(H2,9,11,12). The van der Waals surface area contributed by atoms with Crippen LogP contribution in [0.4, 0.5) is 0 Å². The molecule has 5 nitrogen and oxygen atoms in total. The molecule has 1 rings (SSSR count). The van der Waals surface area contributed by atoms with Gasteiger partial charge < -0.3 is 0 Å². The van der Waals surface area contributed by atoms with Crippen LogP contribution in [0.1, 0.15) is 5.69 Å². The summed E-state index contributed by atoms with van der Waals surface area (Å²) in [7, 11) is -3.97. The lowest BCUT2D eigenvalue weighted by molar-refractivity contribution is 0.304.